The first-order valence-corrected chi connectivity index (χ1v) is 13.1. The molecule has 5 rings (SSSR count). The van der Waals surface area contributed by atoms with Gasteiger partial charge in [0.25, 0.3) is 0 Å². The number of aromatic nitrogens is 2. The zero-order valence-electron chi connectivity index (χ0n) is 22.6. The van der Waals surface area contributed by atoms with Crippen LogP contribution in [0.3, 0.4) is 0 Å². The summed E-state index contributed by atoms with van der Waals surface area (Å²) in [5.74, 6) is 0.208. The summed E-state index contributed by atoms with van der Waals surface area (Å²) in [6, 6.07) is 18.5. The molecule has 0 aliphatic heterocycles. The summed E-state index contributed by atoms with van der Waals surface area (Å²) in [6.45, 7) is 1.30. The quantitative estimate of drug-likeness (QED) is 0.258. The smallest absolute Gasteiger partial charge is 0.309 e. The molecule has 1 aliphatic carbocycles. The first-order chi connectivity index (χ1) is 19.4. The van der Waals surface area contributed by atoms with Gasteiger partial charge in [0.05, 0.1) is 25.5 Å². The lowest BCUT2D eigenvalue weighted by Crippen LogP contribution is -2.20. The molecule has 1 fully saturated rings. The number of nitrogens with one attached hydrogen (secondary N) is 1. The van der Waals surface area contributed by atoms with E-state index in [2.05, 4.69) is 5.32 Å². The predicted octanol–water partition coefficient (Wildman–Crippen LogP) is 6.42. The van der Waals surface area contributed by atoms with Gasteiger partial charge in [-0.05, 0) is 66.9 Å². The second kappa shape index (κ2) is 11.6. The summed E-state index contributed by atoms with van der Waals surface area (Å²) in [5, 5.41) is 7.79. The number of ether oxygens (including phenoxy) is 3. The first-order valence-electron chi connectivity index (χ1n) is 13.1. The molecule has 3 aromatic carbocycles. The molecule has 0 saturated heterocycles. The third-order valence-electron chi connectivity index (χ3n) is 6.96. The van der Waals surface area contributed by atoms with Crippen molar-refractivity contribution in [2.45, 2.75) is 32.6 Å². The third-order valence-corrected chi connectivity index (χ3v) is 6.96. The van der Waals surface area contributed by atoms with Crippen molar-refractivity contribution in [3.05, 3.63) is 72.5 Å². The lowest BCUT2D eigenvalue weighted by atomic mass is 10.00. The van der Waals surface area contributed by atoms with Crippen LogP contribution in [0.25, 0.3) is 28.1 Å². The fourth-order valence-electron chi connectivity index (χ4n) is 5.01. The number of halogens is 1. The average Bonchev–Trinajstić information content (AvgIpc) is 3.62. The van der Waals surface area contributed by atoms with Crippen LogP contribution in [0.4, 0.5) is 10.1 Å². The second-order valence-electron chi connectivity index (χ2n) is 9.63. The summed E-state index contributed by atoms with van der Waals surface area (Å²) in [4.78, 5) is 24.9. The molecule has 1 heterocycles. The maximum absolute atomic E-state index is 14.2. The van der Waals surface area contributed by atoms with Gasteiger partial charge in [-0.25, -0.2) is 4.39 Å². The molecule has 0 radical (unpaired) electrons. The lowest BCUT2D eigenvalue weighted by Gasteiger charge is -2.12. The van der Waals surface area contributed by atoms with E-state index < -0.39 is 11.8 Å². The zero-order valence-corrected chi connectivity index (χ0v) is 22.6. The molecule has 9 heteroatoms. The van der Waals surface area contributed by atoms with Crippen molar-refractivity contribution in [1.29, 1.82) is 0 Å². The van der Waals surface area contributed by atoms with Crippen LogP contribution in [0.5, 0.6) is 17.4 Å². The van der Waals surface area contributed by atoms with Crippen LogP contribution < -0.4 is 19.5 Å². The van der Waals surface area contributed by atoms with Crippen molar-refractivity contribution >= 4 is 17.6 Å². The number of carbonyl (C=O) groups is 2. The molecule has 4 aromatic rings. The monoisotopic (exact) mass is 543 g/mol. The molecule has 40 heavy (non-hydrogen) atoms. The second-order valence-corrected chi connectivity index (χ2v) is 9.63. The van der Waals surface area contributed by atoms with Crippen LogP contribution in [0.2, 0.25) is 0 Å². The molecule has 1 amide bonds. The minimum atomic E-state index is -0.557. The van der Waals surface area contributed by atoms with Crippen molar-refractivity contribution < 1.29 is 28.2 Å². The fourth-order valence-corrected chi connectivity index (χ4v) is 5.01. The minimum Gasteiger partial charge on any atom is -0.493 e. The molecule has 1 aliphatic rings. The number of nitrogens with zero attached hydrogens (tertiary/aromatic N) is 2. The summed E-state index contributed by atoms with van der Waals surface area (Å²) < 4.78 is 32.2. The number of rotatable bonds is 8. The number of methoxy groups -OCH3 is 2. The molecule has 0 unspecified atom stereocenters. The number of hydrogen-bond acceptors (Lipinski definition) is 6. The third kappa shape index (κ3) is 5.54. The Bertz CT molecular complexity index is 1540. The van der Waals surface area contributed by atoms with Gasteiger partial charge in [-0.15, -0.1) is 0 Å². The first kappa shape index (κ1) is 26.9. The number of esters is 1. The molecule has 1 N–H and O–H groups in total. The van der Waals surface area contributed by atoms with E-state index >= 15 is 0 Å². The van der Waals surface area contributed by atoms with Crippen molar-refractivity contribution in [3.8, 4) is 45.5 Å². The van der Waals surface area contributed by atoms with E-state index in [-0.39, 0.29) is 17.7 Å². The normalized spacial score (nSPS) is 13.2. The van der Waals surface area contributed by atoms with E-state index in [9.17, 15) is 14.0 Å². The van der Waals surface area contributed by atoms with Crippen LogP contribution >= 0.6 is 0 Å². The predicted molar refractivity (Wildman–Crippen MR) is 149 cm³/mol. The van der Waals surface area contributed by atoms with E-state index in [1.54, 1.807) is 43.5 Å². The standard InChI is InChI=1S/C31H30FN3O5/c1-19(36)40-31-28(20-11-14-24(15-12-20)33-30(37)21-7-4-5-8-21)29(22-13-16-26(38-2)27(17-22)39-3)34-35(31)25-10-6-9-23(32)18-25/h6,9-18,21H,4-5,7-8H2,1-3H3,(H,33,37). The van der Waals surface area contributed by atoms with Gasteiger partial charge in [-0.2, -0.15) is 9.78 Å². The Morgan fingerprint density at radius 1 is 0.925 bits per heavy atom. The van der Waals surface area contributed by atoms with Crippen molar-refractivity contribution in [2.24, 2.45) is 5.92 Å². The highest BCUT2D eigenvalue weighted by Crippen LogP contribution is 2.43. The average molecular weight is 544 g/mol. The largest absolute Gasteiger partial charge is 0.493 e. The number of benzene rings is 3. The zero-order chi connectivity index (χ0) is 28.2. The van der Waals surface area contributed by atoms with Crippen LogP contribution in [0.15, 0.2) is 66.7 Å². The van der Waals surface area contributed by atoms with Gasteiger partial charge in [0.15, 0.2) is 11.5 Å². The van der Waals surface area contributed by atoms with E-state index in [1.807, 2.05) is 18.2 Å². The van der Waals surface area contributed by atoms with Crippen molar-refractivity contribution in [3.63, 3.8) is 0 Å². The van der Waals surface area contributed by atoms with Gasteiger partial charge >= 0.3 is 5.97 Å². The molecule has 1 saturated carbocycles. The highest BCUT2D eigenvalue weighted by molar-refractivity contribution is 5.93. The van der Waals surface area contributed by atoms with Gasteiger partial charge in [0.2, 0.25) is 11.8 Å². The molecule has 0 atom stereocenters. The minimum absolute atomic E-state index is 0.0239. The fraction of sp³-hybridized carbons (Fsp3) is 0.258. The van der Waals surface area contributed by atoms with Gasteiger partial charge < -0.3 is 19.5 Å². The Balaban J connectivity index is 1.65. The maximum Gasteiger partial charge on any atom is 0.309 e. The molecular formula is C31H30FN3O5. The molecule has 8 nitrogen and oxygen atoms in total. The highest BCUT2D eigenvalue weighted by Gasteiger charge is 2.26. The Labute approximate surface area is 231 Å². The van der Waals surface area contributed by atoms with Crippen LogP contribution in [-0.4, -0.2) is 35.9 Å². The molecular weight excluding hydrogens is 513 g/mol. The topological polar surface area (TPSA) is 91.7 Å². The number of carbonyl (C=O) groups excluding carboxylic acids is 2. The summed E-state index contributed by atoms with van der Waals surface area (Å²) in [7, 11) is 3.09. The van der Waals surface area contributed by atoms with Crippen LogP contribution in [0.1, 0.15) is 32.6 Å². The van der Waals surface area contributed by atoms with Crippen molar-refractivity contribution in [1.82, 2.24) is 9.78 Å². The Kier molecular flexibility index (Phi) is 7.82. The Morgan fingerprint density at radius 3 is 2.27 bits per heavy atom. The summed E-state index contributed by atoms with van der Waals surface area (Å²) in [5.41, 5.74) is 3.38. The van der Waals surface area contributed by atoms with E-state index in [0.29, 0.717) is 45.3 Å². The van der Waals surface area contributed by atoms with Gasteiger partial charge in [-0.1, -0.05) is 31.0 Å². The van der Waals surface area contributed by atoms with Gasteiger partial charge in [0, 0.05) is 24.1 Å². The number of hydrogen-bond donors (Lipinski definition) is 1. The Hall–Kier alpha value is -4.66. The molecule has 0 bridgehead atoms. The molecule has 206 valence electrons. The number of anilines is 1. The van der Waals surface area contributed by atoms with E-state index in [4.69, 9.17) is 19.3 Å². The number of amides is 1. The molecule has 1 aromatic heterocycles. The molecule has 0 spiro atoms. The van der Waals surface area contributed by atoms with Crippen molar-refractivity contribution in [2.75, 3.05) is 19.5 Å². The Morgan fingerprint density at radius 2 is 1.62 bits per heavy atom. The van der Waals surface area contributed by atoms with Gasteiger partial charge in [-0.3, -0.25) is 9.59 Å². The van der Waals surface area contributed by atoms with E-state index in [1.165, 1.54) is 30.8 Å². The lowest BCUT2D eigenvalue weighted by molar-refractivity contribution is -0.132. The summed E-state index contributed by atoms with van der Waals surface area (Å²) >= 11 is 0. The van der Waals surface area contributed by atoms with Gasteiger partial charge in [0.1, 0.15) is 11.5 Å². The SMILES string of the molecule is COc1ccc(-c2nn(-c3cccc(F)c3)c(OC(C)=O)c2-c2ccc(NC(=O)C3CCCC3)cc2)cc1OC. The van der Waals surface area contributed by atoms with Crippen LogP contribution in [0, 0.1) is 11.7 Å². The summed E-state index contributed by atoms with van der Waals surface area (Å²) in [6.07, 6.45) is 3.96. The maximum atomic E-state index is 14.2. The highest BCUT2D eigenvalue weighted by atomic mass is 19.1. The van der Waals surface area contributed by atoms with Crippen LogP contribution in [-0.2, 0) is 9.59 Å². The van der Waals surface area contributed by atoms with E-state index in [0.717, 1.165) is 25.7 Å².